The number of likely N-dealkylation sites (tertiary alicyclic amines) is 1. The zero-order valence-corrected chi connectivity index (χ0v) is 9.78. The van der Waals surface area contributed by atoms with E-state index < -0.39 is 0 Å². The second-order valence-electron chi connectivity index (χ2n) is 4.14. The van der Waals surface area contributed by atoms with Crippen LogP contribution in [0.15, 0.2) is 0 Å². The van der Waals surface area contributed by atoms with Crippen LogP contribution in [0.5, 0.6) is 0 Å². The largest absolute Gasteiger partial charge is 0.396 e. The van der Waals surface area contributed by atoms with Crippen LogP contribution in [-0.2, 0) is 4.79 Å². The Bertz CT molecular complexity index is 205. The Morgan fingerprint density at radius 2 is 2.13 bits per heavy atom. The van der Waals surface area contributed by atoms with Gasteiger partial charge in [-0.2, -0.15) is 0 Å². The molecule has 4 nitrogen and oxygen atoms in total. The minimum atomic E-state index is 0.207. The average molecular weight is 214 g/mol. The molecule has 15 heavy (non-hydrogen) atoms. The molecule has 0 aromatic rings. The number of carbonyl (C=O) groups excluding carboxylic acids is 1. The Morgan fingerprint density at radius 1 is 1.47 bits per heavy atom. The molecule has 0 aromatic heterocycles. The lowest BCUT2D eigenvalue weighted by molar-refractivity contribution is -0.131. The van der Waals surface area contributed by atoms with E-state index in [0.717, 1.165) is 32.6 Å². The van der Waals surface area contributed by atoms with E-state index in [-0.39, 0.29) is 12.5 Å². The molecule has 1 fully saturated rings. The van der Waals surface area contributed by atoms with Crippen molar-refractivity contribution in [1.29, 1.82) is 0 Å². The lowest BCUT2D eigenvalue weighted by Gasteiger charge is -2.22. The highest BCUT2D eigenvalue weighted by molar-refractivity contribution is 5.78. The first kappa shape index (κ1) is 12.5. The van der Waals surface area contributed by atoms with Gasteiger partial charge >= 0.3 is 0 Å². The summed E-state index contributed by atoms with van der Waals surface area (Å²) in [4.78, 5) is 15.8. The van der Waals surface area contributed by atoms with Gasteiger partial charge in [0.15, 0.2) is 0 Å². The van der Waals surface area contributed by atoms with Gasteiger partial charge in [0.2, 0.25) is 5.91 Å². The van der Waals surface area contributed by atoms with Crippen LogP contribution in [0, 0.1) is 5.92 Å². The molecular formula is C11H22N2O2. The number of aliphatic hydroxyl groups excluding tert-OH is 1. The third-order valence-electron chi connectivity index (χ3n) is 3.10. The summed E-state index contributed by atoms with van der Waals surface area (Å²) in [6.45, 7) is 8.14. The molecule has 88 valence electrons. The summed E-state index contributed by atoms with van der Waals surface area (Å²) in [7, 11) is 0. The molecular weight excluding hydrogens is 192 g/mol. The molecule has 1 heterocycles. The standard InChI is InChI=1S/C11H22N2O2/c1-3-13(4-2)11(15)8-12-6-5-10(7-12)9-14/h10,14H,3-9H2,1-2H3/t10-/m1/s1. The summed E-state index contributed by atoms with van der Waals surface area (Å²) in [5, 5.41) is 9.00. The first-order valence-corrected chi connectivity index (χ1v) is 5.82. The summed E-state index contributed by atoms with van der Waals surface area (Å²) in [5.74, 6) is 0.577. The number of carbonyl (C=O) groups is 1. The van der Waals surface area contributed by atoms with Crippen molar-refractivity contribution >= 4 is 5.91 Å². The zero-order valence-electron chi connectivity index (χ0n) is 9.78. The van der Waals surface area contributed by atoms with Crippen LogP contribution in [0.4, 0.5) is 0 Å². The van der Waals surface area contributed by atoms with Crippen LogP contribution >= 0.6 is 0 Å². The fraction of sp³-hybridized carbons (Fsp3) is 0.909. The number of hydrogen-bond acceptors (Lipinski definition) is 3. The van der Waals surface area contributed by atoms with Crippen molar-refractivity contribution < 1.29 is 9.90 Å². The molecule has 0 bridgehead atoms. The van der Waals surface area contributed by atoms with E-state index in [0.29, 0.717) is 12.5 Å². The lowest BCUT2D eigenvalue weighted by atomic mass is 10.1. The van der Waals surface area contributed by atoms with Crippen LogP contribution in [0.2, 0.25) is 0 Å². The van der Waals surface area contributed by atoms with E-state index >= 15 is 0 Å². The molecule has 1 atom stereocenters. The van der Waals surface area contributed by atoms with E-state index in [4.69, 9.17) is 5.11 Å². The normalized spacial score (nSPS) is 21.9. The maximum Gasteiger partial charge on any atom is 0.236 e. The number of aliphatic hydroxyl groups is 1. The summed E-state index contributed by atoms with van der Waals surface area (Å²) in [5.41, 5.74) is 0. The molecule has 1 amide bonds. The lowest BCUT2D eigenvalue weighted by Crippen LogP contribution is -2.39. The van der Waals surface area contributed by atoms with Gasteiger partial charge in [0.1, 0.15) is 0 Å². The van der Waals surface area contributed by atoms with Crippen LogP contribution < -0.4 is 0 Å². The number of likely N-dealkylation sites (N-methyl/N-ethyl adjacent to an activating group) is 1. The van der Waals surface area contributed by atoms with Crippen LogP contribution in [0.3, 0.4) is 0 Å². The van der Waals surface area contributed by atoms with Crippen molar-refractivity contribution in [2.45, 2.75) is 20.3 Å². The minimum absolute atomic E-state index is 0.207. The summed E-state index contributed by atoms with van der Waals surface area (Å²) >= 11 is 0. The molecule has 0 spiro atoms. The Morgan fingerprint density at radius 3 is 2.60 bits per heavy atom. The molecule has 1 N–H and O–H groups in total. The number of amides is 1. The molecule has 0 radical (unpaired) electrons. The molecule has 0 aromatic carbocycles. The van der Waals surface area contributed by atoms with Crippen molar-refractivity contribution in [3.05, 3.63) is 0 Å². The van der Waals surface area contributed by atoms with E-state index in [9.17, 15) is 4.79 Å². The van der Waals surface area contributed by atoms with E-state index in [1.54, 1.807) is 0 Å². The second kappa shape index (κ2) is 6.08. The van der Waals surface area contributed by atoms with Gasteiger partial charge in [0.05, 0.1) is 6.54 Å². The van der Waals surface area contributed by atoms with Crippen LogP contribution in [-0.4, -0.2) is 60.1 Å². The molecule has 0 aliphatic carbocycles. The van der Waals surface area contributed by atoms with Gasteiger partial charge in [0, 0.05) is 26.2 Å². The summed E-state index contributed by atoms with van der Waals surface area (Å²) in [6, 6.07) is 0. The van der Waals surface area contributed by atoms with E-state index in [2.05, 4.69) is 4.90 Å². The average Bonchev–Trinajstić information content (AvgIpc) is 2.67. The van der Waals surface area contributed by atoms with Crippen molar-refractivity contribution in [3.63, 3.8) is 0 Å². The van der Waals surface area contributed by atoms with Crippen molar-refractivity contribution in [2.24, 2.45) is 5.92 Å². The smallest absolute Gasteiger partial charge is 0.236 e. The molecule has 1 aliphatic rings. The molecule has 1 rings (SSSR count). The molecule has 1 saturated heterocycles. The Labute approximate surface area is 91.9 Å². The van der Waals surface area contributed by atoms with Gasteiger partial charge in [0.25, 0.3) is 0 Å². The fourth-order valence-electron chi connectivity index (χ4n) is 2.07. The quantitative estimate of drug-likeness (QED) is 0.709. The monoisotopic (exact) mass is 214 g/mol. The van der Waals surface area contributed by atoms with Crippen molar-refractivity contribution in [1.82, 2.24) is 9.80 Å². The van der Waals surface area contributed by atoms with Gasteiger partial charge in [-0.3, -0.25) is 9.69 Å². The highest BCUT2D eigenvalue weighted by Crippen LogP contribution is 2.14. The summed E-state index contributed by atoms with van der Waals surface area (Å²) < 4.78 is 0. The Hall–Kier alpha value is -0.610. The highest BCUT2D eigenvalue weighted by Gasteiger charge is 2.24. The van der Waals surface area contributed by atoms with Gasteiger partial charge in [-0.15, -0.1) is 0 Å². The highest BCUT2D eigenvalue weighted by atomic mass is 16.3. The summed E-state index contributed by atoms with van der Waals surface area (Å²) in [6.07, 6.45) is 1.02. The fourth-order valence-corrected chi connectivity index (χ4v) is 2.07. The Kier molecular flexibility index (Phi) is 5.05. The van der Waals surface area contributed by atoms with Crippen LogP contribution in [0.25, 0.3) is 0 Å². The van der Waals surface area contributed by atoms with Gasteiger partial charge in [-0.1, -0.05) is 0 Å². The second-order valence-corrected chi connectivity index (χ2v) is 4.14. The molecule has 0 unspecified atom stereocenters. The number of hydrogen-bond donors (Lipinski definition) is 1. The van der Waals surface area contributed by atoms with Gasteiger partial charge in [-0.25, -0.2) is 0 Å². The molecule has 1 aliphatic heterocycles. The third kappa shape index (κ3) is 3.47. The van der Waals surface area contributed by atoms with Crippen molar-refractivity contribution in [3.8, 4) is 0 Å². The maximum absolute atomic E-state index is 11.8. The SMILES string of the molecule is CCN(CC)C(=O)CN1CC[C@@H](CO)C1. The first-order valence-electron chi connectivity index (χ1n) is 5.82. The predicted octanol–water partition coefficient (Wildman–Crippen LogP) is 0.169. The predicted molar refractivity (Wildman–Crippen MR) is 59.6 cm³/mol. The number of nitrogens with zero attached hydrogens (tertiary/aromatic N) is 2. The van der Waals surface area contributed by atoms with Gasteiger partial charge in [-0.05, 0) is 32.7 Å². The van der Waals surface area contributed by atoms with E-state index in [1.807, 2.05) is 18.7 Å². The zero-order chi connectivity index (χ0) is 11.3. The molecule has 0 saturated carbocycles. The van der Waals surface area contributed by atoms with Crippen LogP contribution in [0.1, 0.15) is 20.3 Å². The topological polar surface area (TPSA) is 43.8 Å². The Balaban J connectivity index is 2.32. The minimum Gasteiger partial charge on any atom is -0.396 e. The molecule has 4 heteroatoms. The van der Waals surface area contributed by atoms with E-state index in [1.165, 1.54) is 0 Å². The maximum atomic E-state index is 11.8. The van der Waals surface area contributed by atoms with Crippen molar-refractivity contribution in [2.75, 3.05) is 39.3 Å². The van der Waals surface area contributed by atoms with Gasteiger partial charge < -0.3 is 10.0 Å². The number of rotatable bonds is 5. The third-order valence-corrected chi connectivity index (χ3v) is 3.10. The first-order chi connectivity index (χ1) is 7.21.